The molecular formula is C11H14O4. The molecule has 0 bridgehead atoms. The Kier molecular flexibility index (Phi) is 4.27. The highest BCUT2D eigenvalue weighted by molar-refractivity contribution is 5.89. The number of aliphatic hydroxyl groups excluding tert-OH is 2. The molecular weight excluding hydrogens is 196 g/mol. The lowest BCUT2D eigenvalue weighted by molar-refractivity contribution is 0.0526. The summed E-state index contributed by atoms with van der Waals surface area (Å²) in [5.41, 5.74) is 1.55. The van der Waals surface area contributed by atoms with Crippen molar-refractivity contribution in [1.82, 2.24) is 0 Å². The van der Waals surface area contributed by atoms with Gasteiger partial charge in [0.05, 0.1) is 25.4 Å². The second-order valence-electron chi connectivity index (χ2n) is 3.02. The predicted molar refractivity (Wildman–Crippen MR) is 54.2 cm³/mol. The first-order chi connectivity index (χ1) is 7.22. The number of hydrogen-bond acceptors (Lipinski definition) is 4. The smallest absolute Gasteiger partial charge is 0.338 e. The van der Waals surface area contributed by atoms with Gasteiger partial charge in [0.1, 0.15) is 0 Å². The summed E-state index contributed by atoms with van der Waals surface area (Å²) < 4.78 is 4.82. The van der Waals surface area contributed by atoms with Crippen LogP contribution in [0.3, 0.4) is 0 Å². The molecule has 0 saturated carbocycles. The molecule has 4 nitrogen and oxygen atoms in total. The lowest BCUT2D eigenvalue weighted by Crippen LogP contribution is -2.06. The van der Waals surface area contributed by atoms with Gasteiger partial charge >= 0.3 is 5.97 Å². The fourth-order valence-electron chi connectivity index (χ4n) is 1.27. The van der Waals surface area contributed by atoms with Crippen molar-refractivity contribution in [3.8, 4) is 0 Å². The number of hydrogen-bond donors (Lipinski definition) is 2. The minimum atomic E-state index is -0.420. The summed E-state index contributed by atoms with van der Waals surface area (Å²) in [5, 5.41) is 18.0. The van der Waals surface area contributed by atoms with Gasteiger partial charge < -0.3 is 14.9 Å². The van der Waals surface area contributed by atoms with Crippen molar-refractivity contribution < 1.29 is 19.7 Å². The first-order valence-corrected chi connectivity index (χ1v) is 4.73. The number of aliphatic hydroxyl groups is 2. The van der Waals surface area contributed by atoms with Gasteiger partial charge in [-0.2, -0.15) is 0 Å². The Hall–Kier alpha value is -1.39. The van der Waals surface area contributed by atoms with E-state index in [1.54, 1.807) is 19.1 Å². The van der Waals surface area contributed by atoms with Crippen molar-refractivity contribution in [3.05, 3.63) is 34.9 Å². The van der Waals surface area contributed by atoms with Crippen molar-refractivity contribution in [2.45, 2.75) is 20.1 Å². The van der Waals surface area contributed by atoms with Crippen molar-refractivity contribution in [2.24, 2.45) is 0 Å². The summed E-state index contributed by atoms with van der Waals surface area (Å²) in [4.78, 5) is 11.3. The van der Waals surface area contributed by atoms with Crippen molar-refractivity contribution in [3.63, 3.8) is 0 Å². The summed E-state index contributed by atoms with van der Waals surface area (Å²) in [7, 11) is 0. The minimum absolute atomic E-state index is 0.154. The number of esters is 1. The SMILES string of the molecule is CCOC(=O)c1ccc(CO)c(CO)c1. The first-order valence-electron chi connectivity index (χ1n) is 4.73. The van der Waals surface area contributed by atoms with Gasteiger partial charge in [0, 0.05) is 0 Å². The topological polar surface area (TPSA) is 66.8 Å². The third-order valence-electron chi connectivity index (χ3n) is 2.06. The standard InChI is InChI=1S/C11H14O4/c1-2-15-11(14)8-3-4-9(6-12)10(5-8)7-13/h3-5,12-13H,2,6-7H2,1H3. The normalized spacial score (nSPS) is 10.1. The van der Waals surface area contributed by atoms with Crippen molar-refractivity contribution in [2.75, 3.05) is 6.61 Å². The molecule has 0 aliphatic heterocycles. The van der Waals surface area contributed by atoms with E-state index in [2.05, 4.69) is 0 Å². The second-order valence-corrected chi connectivity index (χ2v) is 3.02. The maximum absolute atomic E-state index is 11.3. The monoisotopic (exact) mass is 210 g/mol. The minimum Gasteiger partial charge on any atom is -0.462 e. The molecule has 15 heavy (non-hydrogen) atoms. The third kappa shape index (κ3) is 2.78. The Labute approximate surface area is 88.1 Å². The van der Waals surface area contributed by atoms with Crippen LogP contribution in [0.2, 0.25) is 0 Å². The maximum atomic E-state index is 11.3. The number of benzene rings is 1. The van der Waals surface area contributed by atoms with Crippen molar-refractivity contribution in [1.29, 1.82) is 0 Å². The van der Waals surface area contributed by atoms with Gasteiger partial charge in [-0.15, -0.1) is 0 Å². The van der Waals surface area contributed by atoms with E-state index in [1.807, 2.05) is 0 Å². The van der Waals surface area contributed by atoms with E-state index in [0.717, 1.165) is 0 Å². The highest BCUT2D eigenvalue weighted by Crippen LogP contribution is 2.13. The number of carbonyl (C=O) groups is 1. The molecule has 0 fully saturated rings. The predicted octanol–water partition coefficient (Wildman–Crippen LogP) is 0.848. The summed E-state index contributed by atoms with van der Waals surface area (Å²) in [6.45, 7) is 1.68. The van der Waals surface area contributed by atoms with Crippen LogP contribution in [0.5, 0.6) is 0 Å². The molecule has 1 aromatic rings. The van der Waals surface area contributed by atoms with Crippen LogP contribution in [0.4, 0.5) is 0 Å². The highest BCUT2D eigenvalue weighted by Gasteiger charge is 2.09. The van der Waals surface area contributed by atoms with Crippen LogP contribution in [-0.2, 0) is 18.0 Å². The zero-order chi connectivity index (χ0) is 11.3. The zero-order valence-electron chi connectivity index (χ0n) is 8.56. The number of rotatable bonds is 4. The third-order valence-corrected chi connectivity index (χ3v) is 2.06. The highest BCUT2D eigenvalue weighted by atomic mass is 16.5. The molecule has 0 saturated heterocycles. The van der Waals surface area contributed by atoms with Crippen molar-refractivity contribution >= 4 is 5.97 Å². The fourth-order valence-corrected chi connectivity index (χ4v) is 1.27. The molecule has 0 aliphatic rings. The Morgan fingerprint density at radius 1 is 1.27 bits per heavy atom. The van der Waals surface area contributed by atoms with Gasteiger partial charge in [0.15, 0.2) is 0 Å². The Bertz CT molecular complexity index is 346. The maximum Gasteiger partial charge on any atom is 0.338 e. The van der Waals surface area contributed by atoms with Crippen LogP contribution in [0.15, 0.2) is 18.2 Å². The lowest BCUT2D eigenvalue weighted by atomic mass is 10.1. The van der Waals surface area contributed by atoms with E-state index in [0.29, 0.717) is 23.3 Å². The zero-order valence-corrected chi connectivity index (χ0v) is 8.56. The van der Waals surface area contributed by atoms with E-state index >= 15 is 0 Å². The molecule has 0 unspecified atom stereocenters. The molecule has 1 rings (SSSR count). The molecule has 0 aliphatic carbocycles. The second kappa shape index (κ2) is 5.48. The van der Waals surface area contributed by atoms with Crippen LogP contribution in [0.25, 0.3) is 0 Å². The molecule has 0 spiro atoms. The van der Waals surface area contributed by atoms with Gasteiger partial charge in [-0.3, -0.25) is 0 Å². The van der Waals surface area contributed by atoms with Gasteiger partial charge in [-0.25, -0.2) is 4.79 Å². The van der Waals surface area contributed by atoms with E-state index in [9.17, 15) is 4.79 Å². The van der Waals surface area contributed by atoms with Crippen LogP contribution in [0, 0.1) is 0 Å². The molecule has 0 amide bonds. The summed E-state index contributed by atoms with van der Waals surface area (Å²) in [5.74, 6) is -0.420. The average molecular weight is 210 g/mol. The fraction of sp³-hybridized carbons (Fsp3) is 0.364. The van der Waals surface area contributed by atoms with Crippen LogP contribution >= 0.6 is 0 Å². The van der Waals surface area contributed by atoms with E-state index in [4.69, 9.17) is 14.9 Å². The van der Waals surface area contributed by atoms with Gasteiger partial charge in [-0.05, 0) is 30.2 Å². The Morgan fingerprint density at radius 3 is 2.47 bits per heavy atom. The molecule has 1 aromatic carbocycles. The Balaban J connectivity index is 2.97. The molecule has 82 valence electrons. The number of ether oxygens (including phenoxy) is 1. The van der Waals surface area contributed by atoms with E-state index in [-0.39, 0.29) is 13.2 Å². The lowest BCUT2D eigenvalue weighted by Gasteiger charge is -2.07. The molecule has 0 radical (unpaired) electrons. The molecule has 2 N–H and O–H groups in total. The summed E-state index contributed by atoms with van der Waals surface area (Å²) in [6, 6.07) is 4.71. The van der Waals surface area contributed by atoms with Gasteiger partial charge in [0.2, 0.25) is 0 Å². The quantitative estimate of drug-likeness (QED) is 0.723. The van der Waals surface area contributed by atoms with Gasteiger partial charge in [0.25, 0.3) is 0 Å². The van der Waals surface area contributed by atoms with E-state index in [1.165, 1.54) is 6.07 Å². The van der Waals surface area contributed by atoms with E-state index < -0.39 is 5.97 Å². The molecule has 0 atom stereocenters. The average Bonchev–Trinajstić information content (AvgIpc) is 2.28. The molecule has 4 heteroatoms. The summed E-state index contributed by atoms with van der Waals surface area (Å²) >= 11 is 0. The van der Waals surface area contributed by atoms with Crippen LogP contribution in [-0.4, -0.2) is 22.8 Å². The number of carbonyl (C=O) groups excluding carboxylic acids is 1. The Morgan fingerprint density at radius 2 is 1.93 bits per heavy atom. The largest absolute Gasteiger partial charge is 0.462 e. The molecule has 0 heterocycles. The molecule has 0 aromatic heterocycles. The van der Waals surface area contributed by atoms with Gasteiger partial charge in [-0.1, -0.05) is 6.07 Å². The van der Waals surface area contributed by atoms with Crippen LogP contribution < -0.4 is 0 Å². The first kappa shape index (κ1) is 11.7. The van der Waals surface area contributed by atoms with Crippen LogP contribution in [0.1, 0.15) is 28.4 Å². The summed E-state index contributed by atoms with van der Waals surface area (Å²) in [6.07, 6.45) is 0.